The van der Waals surface area contributed by atoms with E-state index in [9.17, 15) is 14.0 Å². The van der Waals surface area contributed by atoms with E-state index in [0.29, 0.717) is 31.0 Å². The van der Waals surface area contributed by atoms with Gasteiger partial charge < -0.3 is 14.4 Å². The molecule has 0 unspecified atom stereocenters. The number of hydrogen-bond acceptors (Lipinski definition) is 5. The van der Waals surface area contributed by atoms with E-state index in [1.807, 2.05) is 24.3 Å². The van der Waals surface area contributed by atoms with Crippen molar-refractivity contribution >= 4 is 17.5 Å². The molecule has 2 aliphatic rings. The Labute approximate surface area is 192 Å². The van der Waals surface area contributed by atoms with Crippen LogP contribution < -0.4 is 4.74 Å². The molecule has 33 heavy (non-hydrogen) atoms. The number of hydrazone groups is 1. The van der Waals surface area contributed by atoms with Crippen LogP contribution >= 0.6 is 0 Å². The van der Waals surface area contributed by atoms with E-state index in [0.717, 1.165) is 24.0 Å². The highest BCUT2D eigenvalue weighted by Gasteiger charge is 2.38. The number of ether oxygens (including phenoxy) is 2. The highest BCUT2D eigenvalue weighted by Crippen LogP contribution is 2.38. The molecule has 1 atom stereocenters. The lowest BCUT2D eigenvalue weighted by Crippen LogP contribution is -2.43. The number of carbonyl (C=O) groups is 2. The second kappa shape index (κ2) is 10.1. The van der Waals surface area contributed by atoms with E-state index >= 15 is 0 Å². The number of para-hydroxylation sites is 1. The molecule has 1 heterocycles. The molecule has 0 aromatic heterocycles. The third-order valence-corrected chi connectivity index (χ3v) is 5.97. The Balaban J connectivity index is 1.63. The third-order valence-electron chi connectivity index (χ3n) is 5.97. The van der Waals surface area contributed by atoms with Gasteiger partial charge in [0.1, 0.15) is 18.1 Å². The van der Waals surface area contributed by atoms with Crippen LogP contribution in [-0.2, 0) is 14.3 Å². The van der Waals surface area contributed by atoms with Crippen LogP contribution in [0.5, 0.6) is 5.75 Å². The van der Waals surface area contributed by atoms with Gasteiger partial charge in [-0.05, 0) is 36.6 Å². The predicted octanol–water partition coefficient (Wildman–Crippen LogP) is 3.40. The smallest absolute Gasteiger partial charge is 0.262 e. The van der Waals surface area contributed by atoms with Crippen LogP contribution in [-0.4, -0.2) is 61.4 Å². The largest absolute Gasteiger partial charge is 0.496 e. The fourth-order valence-electron chi connectivity index (χ4n) is 4.03. The van der Waals surface area contributed by atoms with Crippen molar-refractivity contribution in [1.82, 2.24) is 9.91 Å². The Hall–Kier alpha value is -3.26. The summed E-state index contributed by atoms with van der Waals surface area (Å²) in [6, 6.07) is 13.2. The summed E-state index contributed by atoms with van der Waals surface area (Å²) in [6.45, 7) is 0.621. The minimum atomic E-state index is -0.394. The maximum absolute atomic E-state index is 13.5. The maximum atomic E-state index is 13.5. The van der Waals surface area contributed by atoms with Crippen molar-refractivity contribution in [2.75, 3.05) is 33.9 Å². The number of amides is 2. The molecule has 2 amide bonds. The number of halogens is 1. The lowest BCUT2D eigenvalue weighted by molar-refractivity contribution is -0.142. The Kier molecular flexibility index (Phi) is 7.03. The normalized spacial score (nSPS) is 17.6. The number of methoxy groups -OCH3 is 2. The van der Waals surface area contributed by atoms with Crippen LogP contribution in [0.3, 0.4) is 0 Å². The zero-order valence-corrected chi connectivity index (χ0v) is 18.9. The maximum Gasteiger partial charge on any atom is 0.262 e. The minimum absolute atomic E-state index is 0.00322. The Morgan fingerprint density at radius 1 is 1.12 bits per heavy atom. The Bertz CT molecular complexity index is 1040. The fraction of sp³-hybridized carbons (Fsp3) is 0.400. The molecule has 1 aliphatic heterocycles. The quantitative estimate of drug-likeness (QED) is 0.584. The molecule has 0 saturated heterocycles. The van der Waals surface area contributed by atoms with Crippen LogP contribution in [0, 0.1) is 11.7 Å². The van der Waals surface area contributed by atoms with Gasteiger partial charge in [0.25, 0.3) is 5.91 Å². The molecule has 0 spiro atoms. The fourth-order valence-corrected chi connectivity index (χ4v) is 4.03. The SMILES string of the molecule is COCCN(CC(=O)N1N=C(c2ccc(F)cc2)C[C@H]1c1ccccc1OC)C(=O)C1CC1. The topological polar surface area (TPSA) is 71.4 Å². The van der Waals surface area contributed by atoms with Crippen molar-refractivity contribution in [2.45, 2.75) is 25.3 Å². The minimum Gasteiger partial charge on any atom is -0.496 e. The van der Waals surface area contributed by atoms with Crippen LogP contribution in [0.2, 0.25) is 0 Å². The molecule has 1 saturated carbocycles. The molecule has 0 radical (unpaired) electrons. The predicted molar refractivity (Wildman–Crippen MR) is 121 cm³/mol. The van der Waals surface area contributed by atoms with Gasteiger partial charge in [-0.1, -0.05) is 30.3 Å². The first kappa shape index (κ1) is 22.9. The molecule has 2 aromatic rings. The molecule has 7 nitrogen and oxygen atoms in total. The van der Waals surface area contributed by atoms with Gasteiger partial charge >= 0.3 is 0 Å². The molecular weight excluding hydrogens is 425 g/mol. The molecule has 4 rings (SSSR count). The van der Waals surface area contributed by atoms with Gasteiger partial charge in [0.2, 0.25) is 5.91 Å². The van der Waals surface area contributed by atoms with E-state index < -0.39 is 6.04 Å². The van der Waals surface area contributed by atoms with E-state index in [-0.39, 0.29) is 30.1 Å². The third kappa shape index (κ3) is 5.22. The van der Waals surface area contributed by atoms with E-state index in [1.54, 1.807) is 31.3 Å². The van der Waals surface area contributed by atoms with Gasteiger partial charge in [-0.25, -0.2) is 9.40 Å². The number of nitrogens with zero attached hydrogens (tertiary/aromatic N) is 3. The van der Waals surface area contributed by atoms with Crippen molar-refractivity contribution < 1.29 is 23.5 Å². The first-order valence-corrected chi connectivity index (χ1v) is 11.1. The second-order valence-corrected chi connectivity index (χ2v) is 8.28. The van der Waals surface area contributed by atoms with Gasteiger partial charge in [0, 0.05) is 31.6 Å². The molecule has 0 bridgehead atoms. The van der Waals surface area contributed by atoms with Gasteiger partial charge in [-0.3, -0.25) is 9.59 Å². The van der Waals surface area contributed by atoms with E-state index in [4.69, 9.17) is 9.47 Å². The van der Waals surface area contributed by atoms with Crippen LogP contribution in [0.4, 0.5) is 4.39 Å². The molecule has 1 aliphatic carbocycles. The standard InChI is InChI=1S/C25H28FN3O4/c1-32-14-13-28(25(31)18-7-8-18)16-24(30)29-22(20-5-3-4-6-23(20)33-2)15-21(27-29)17-9-11-19(26)12-10-17/h3-6,9-12,18,22H,7-8,13-16H2,1-2H3/t22-/m0/s1. The summed E-state index contributed by atoms with van der Waals surface area (Å²) < 4.78 is 24.1. The molecule has 0 N–H and O–H groups in total. The first-order chi connectivity index (χ1) is 16.0. The number of rotatable bonds is 9. The summed E-state index contributed by atoms with van der Waals surface area (Å²) in [4.78, 5) is 27.8. The molecular formula is C25H28FN3O4. The highest BCUT2D eigenvalue weighted by molar-refractivity contribution is 6.03. The zero-order chi connectivity index (χ0) is 23.4. The second-order valence-electron chi connectivity index (χ2n) is 8.28. The van der Waals surface area contributed by atoms with Gasteiger partial charge in [0.05, 0.1) is 25.5 Å². The molecule has 174 valence electrons. The van der Waals surface area contributed by atoms with Gasteiger partial charge in [0.15, 0.2) is 0 Å². The summed E-state index contributed by atoms with van der Waals surface area (Å²) >= 11 is 0. The first-order valence-electron chi connectivity index (χ1n) is 11.1. The number of benzene rings is 2. The highest BCUT2D eigenvalue weighted by atomic mass is 19.1. The van der Waals surface area contributed by atoms with E-state index in [2.05, 4.69) is 5.10 Å². The molecule has 2 aromatic carbocycles. The molecule has 1 fully saturated rings. The summed E-state index contributed by atoms with van der Waals surface area (Å²) in [5.74, 6) is 0.0147. The number of carbonyl (C=O) groups excluding carboxylic acids is 2. The summed E-state index contributed by atoms with van der Waals surface area (Å²) in [7, 11) is 3.15. The van der Waals surface area contributed by atoms with Crippen molar-refractivity contribution in [2.24, 2.45) is 11.0 Å². The summed E-state index contributed by atoms with van der Waals surface area (Å²) in [6.07, 6.45) is 2.17. The monoisotopic (exact) mass is 453 g/mol. The Morgan fingerprint density at radius 2 is 1.85 bits per heavy atom. The lowest BCUT2D eigenvalue weighted by Gasteiger charge is -2.27. The van der Waals surface area contributed by atoms with E-state index in [1.165, 1.54) is 17.1 Å². The Morgan fingerprint density at radius 3 is 2.52 bits per heavy atom. The number of hydrogen-bond donors (Lipinski definition) is 0. The van der Waals surface area contributed by atoms with Crippen LogP contribution in [0.1, 0.15) is 36.4 Å². The van der Waals surface area contributed by atoms with Crippen molar-refractivity contribution in [3.63, 3.8) is 0 Å². The van der Waals surface area contributed by atoms with Gasteiger partial charge in [-0.2, -0.15) is 5.10 Å². The van der Waals surface area contributed by atoms with Crippen molar-refractivity contribution in [3.05, 3.63) is 65.5 Å². The lowest BCUT2D eigenvalue weighted by atomic mass is 9.97. The van der Waals surface area contributed by atoms with Crippen molar-refractivity contribution in [1.29, 1.82) is 0 Å². The zero-order valence-electron chi connectivity index (χ0n) is 18.9. The summed E-state index contributed by atoms with van der Waals surface area (Å²) in [5.41, 5.74) is 2.25. The molecule has 8 heteroatoms. The van der Waals surface area contributed by atoms with Gasteiger partial charge in [-0.15, -0.1) is 0 Å². The summed E-state index contributed by atoms with van der Waals surface area (Å²) in [5, 5.41) is 6.07. The van der Waals surface area contributed by atoms with Crippen LogP contribution in [0.25, 0.3) is 0 Å². The van der Waals surface area contributed by atoms with Crippen LogP contribution in [0.15, 0.2) is 53.6 Å². The average Bonchev–Trinajstić information content (AvgIpc) is 3.59. The van der Waals surface area contributed by atoms with Crippen molar-refractivity contribution in [3.8, 4) is 5.75 Å². The average molecular weight is 454 g/mol.